The summed E-state index contributed by atoms with van der Waals surface area (Å²) in [5, 5.41) is 1.76. The van der Waals surface area contributed by atoms with Gasteiger partial charge < -0.3 is 4.57 Å². The molecule has 0 spiro atoms. The topological polar surface area (TPSA) is 71.7 Å². The molecule has 8 heteroatoms. The number of piperidine rings is 1. The van der Waals surface area contributed by atoms with E-state index in [9.17, 15) is 13.2 Å². The number of aryl methyl sites for hydroxylation is 1. The molecule has 6 nitrogen and oxygen atoms in total. The van der Waals surface area contributed by atoms with Gasteiger partial charge in [-0.1, -0.05) is 42.0 Å². The molecule has 0 saturated carbocycles. The number of thiophene rings is 1. The second-order valence-electron chi connectivity index (χ2n) is 7.73. The molecule has 162 valence electrons. The highest BCUT2D eigenvalue weighted by Gasteiger charge is 2.32. The molecule has 0 unspecified atom stereocenters. The van der Waals surface area contributed by atoms with Gasteiger partial charge in [-0.3, -0.25) is 4.79 Å². The summed E-state index contributed by atoms with van der Waals surface area (Å²) in [6, 6.07) is 17.3. The highest BCUT2D eigenvalue weighted by atomic mass is 32.2. The van der Waals surface area contributed by atoms with E-state index in [1.54, 1.807) is 17.5 Å². The number of benzene rings is 1. The summed E-state index contributed by atoms with van der Waals surface area (Å²) in [4.78, 5) is 17.2. The fourth-order valence-electron chi connectivity index (χ4n) is 3.68. The third kappa shape index (κ3) is 5.03. The average molecular weight is 456 g/mol. The maximum atomic E-state index is 12.9. The lowest BCUT2D eigenvalue weighted by Crippen LogP contribution is -2.40. The van der Waals surface area contributed by atoms with E-state index >= 15 is 0 Å². The van der Waals surface area contributed by atoms with Crippen LogP contribution >= 0.6 is 11.3 Å². The Morgan fingerprint density at radius 1 is 1.06 bits per heavy atom. The number of rotatable bonds is 5. The number of nitrogens with zero attached hydrogens (tertiary/aromatic N) is 3. The fourth-order valence-corrected chi connectivity index (χ4v) is 6.29. The van der Waals surface area contributed by atoms with Gasteiger partial charge in [0.1, 0.15) is 9.70 Å². The highest BCUT2D eigenvalue weighted by molar-refractivity contribution is 7.91. The summed E-state index contributed by atoms with van der Waals surface area (Å²) in [5.41, 5.74) is 2.95. The highest BCUT2D eigenvalue weighted by Crippen LogP contribution is 2.26. The van der Waals surface area contributed by atoms with E-state index in [-0.39, 0.29) is 11.8 Å². The minimum Gasteiger partial charge on any atom is -0.328 e. The maximum absolute atomic E-state index is 12.9. The first-order valence-corrected chi connectivity index (χ1v) is 12.6. The van der Waals surface area contributed by atoms with Gasteiger partial charge in [0.15, 0.2) is 0 Å². The zero-order valence-corrected chi connectivity index (χ0v) is 19.0. The lowest BCUT2D eigenvalue weighted by Gasteiger charge is -2.29. The lowest BCUT2D eigenvalue weighted by atomic mass is 9.97. The first kappa shape index (κ1) is 21.7. The Morgan fingerprint density at radius 2 is 1.81 bits per heavy atom. The summed E-state index contributed by atoms with van der Waals surface area (Å²) < 4.78 is 29.1. The summed E-state index contributed by atoms with van der Waals surface area (Å²) in [5.74, 6) is -0.445. The number of sulfonamides is 1. The van der Waals surface area contributed by atoms with Gasteiger partial charge in [0.2, 0.25) is 0 Å². The van der Waals surface area contributed by atoms with Crippen LogP contribution in [0, 0.1) is 12.8 Å². The van der Waals surface area contributed by atoms with Crippen LogP contribution in [-0.4, -0.2) is 36.3 Å². The van der Waals surface area contributed by atoms with E-state index in [4.69, 9.17) is 0 Å². The second-order valence-corrected chi connectivity index (χ2v) is 10.8. The smallest absolute Gasteiger partial charge is 0.252 e. The van der Waals surface area contributed by atoms with Crippen LogP contribution in [0.2, 0.25) is 0 Å². The summed E-state index contributed by atoms with van der Waals surface area (Å²) in [6.45, 7) is 3.36. The van der Waals surface area contributed by atoms with Gasteiger partial charge in [0.25, 0.3) is 15.9 Å². The van der Waals surface area contributed by atoms with Gasteiger partial charge in [-0.2, -0.15) is 9.30 Å². The van der Waals surface area contributed by atoms with Gasteiger partial charge in [-0.05, 0) is 48.9 Å². The number of hydrogen-bond donors (Lipinski definition) is 0. The number of pyridine rings is 1. The van der Waals surface area contributed by atoms with E-state index in [0.717, 1.165) is 5.56 Å². The molecule has 0 bridgehead atoms. The molecule has 1 aliphatic heterocycles. The Kier molecular flexibility index (Phi) is 6.50. The predicted molar refractivity (Wildman–Crippen MR) is 121 cm³/mol. The van der Waals surface area contributed by atoms with Gasteiger partial charge in [0.05, 0.1) is 0 Å². The zero-order chi connectivity index (χ0) is 21.8. The number of carbonyl (C=O) groups excluding carboxylic acids is 1. The fraction of sp³-hybridized carbons (Fsp3) is 0.304. The number of hydrogen-bond acceptors (Lipinski definition) is 4. The Morgan fingerprint density at radius 3 is 2.48 bits per heavy atom. The van der Waals surface area contributed by atoms with Crippen LogP contribution in [-0.2, 0) is 21.4 Å². The molecule has 0 N–H and O–H groups in total. The molecule has 0 radical (unpaired) electrons. The molecule has 1 aromatic carbocycles. The van der Waals surface area contributed by atoms with Crippen LogP contribution < -0.4 is 5.49 Å². The van der Waals surface area contributed by atoms with E-state index in [1.165, 1.54) is 21.2 Å². The predicted octanol–water partition coefficient (Wildman–Crippen LogP) is 3.43. The monoisotopic (exact) mass is 455 g/mol. The zero-order valence-electron chi connectivity index (χ0n) is 17.3. The SMILES string of the molecule is Cc1ccc(Cn2ccccc2=NC(=O)C2CCN(S(=O)(=O)c3cccs3)CC2)cc1. The second kappa shape index (κ2) is 9.30. The van der Waals surface area contributed by atoms with Gasteiger partial charge in [-0.15, -0.1) is 11.3 Å². The van der Waals surface area contributed by atoms with Crippen molar-refractivity contribution in [3.05, 3.63) is 82.8 Å². The third-order valence-corrected chi connectivity index (χ3v) is 8.78. The van der Waals surface area contributed by atoms with Crippen LogP contribution in [0.3, 0.4) is 0 Å². The average Bonchev–Trinajstić information content (AvgIpc) is 3.33. The number of amides is 1. The van der Waals surface area contributed by atoms with Crippen molar-refractivity contribution in [1.29, 1.82) is 0 Å². The number of carbonyl (C=O) groups is 1. The molecular formula is C23H25N3O3S2. The van der Waals surface area contributed by atoms with Crippen molar-refractivity contribution < 1.29 is 13.2 Å². The summed E-state index contributed by atoms with van der Waals surface area (Å²) in [6.07, 6.45) is 2.89. The van der Waals surface area contributed by atoms with Crippen LogP contribution in [0.25, 0.3) is 0 Å². The Hall–Kier alpha value is -2.55. The lowest BCUT2D eigenvalue weighted by molar-refractivity contribution is -0.122. The molecule has 1 saturated heterocycles. The first-order valence-electron chi connectivity index (χ1n) is 10.3. The molecule has 0 atom stereocenters. The molecule has 1 amide bonds. The van der Waals surface area contributed by atoms with Gasteiger partial charge in [-0.25, -0.2) is 8.42 Å². The molecule has 4 rings (SSSR count). The minimum absolute atomic E-state index is 0.183. The number of aromatic nitrogens is 1. The molecule has 2 aromatic heterocycles. The van der Waals surface area contributed by atoms with Crippen molar-refractivity contribution in [3.63, 3.8) is 0 Å². The van der Waals surface area contributed by atoms with Gasteiger partial charge in [0, 0.05) is 31.7 Å². The summed E-state index contributed by atoms with van der Waals surface area (Å²) in [7, 11) is -3.47. The molecule has 0 aliphatic carbocycles. The quantitative estimate of drug-likeness (QED) is 0.592. The van der Waals surface area contributed by atoms with Crippen molar-refractivity contribution in [2.75, 3.05) is 13.1 Å². The third-order valence-electron chi connectivity index (χ3n) is 5.51. The van der Waals surface area contributed by atoms with Crippen molar-refractivity contribution in [1.82, 2.24) is 8.87 Å². The van der Waals surface area contributed by atoms with E-state index < -0.39 is 10.0 Å². The van der Waals surface area contributed by atoms with E-state index in [0.29, 0.717) is 42.2 Å². The van der Waals surface area contributed by atoms with E-state index in [2.05, 4.69) is 36.2 Å². The summed E-state index contributed by atoms with van der Waals surface area (Å²) >= 11 is 1.22. The first-order chi connectivity index (χ1) is 14.9. The van der Waals surface area contributed by atoms with Gasteiger partial charge >= 0.3 is 0 Å². The molecular weight excluding hydrogens is 430 g/mol. The Balaban J connectivity index is 1.46. The molecule has 31 heavy (non-hydrogen) atoms. The van der Waals surface area contributed by atoms with Crippen LogP contribution in [0.1, 0.15) is 24.0 Å². The van der Waals surface area contributed by atoms with Crippen LogP contribution in [0.4, 0.5) is 0 Å². The minimum atomic E-state index is -3.47. The maximum Gasteiger partial charge on any atom is 0.252 e. The van der Waals surface area contributed by atoms with Crippen LogP contribution in [0.5, 0.6) is 0 Å². The molecule has 3 aromatic rings. The largest absolute Gasteiger partial charge is 0.328 e. The van der Waals surface area contributed by atoms with Crippen LogP contribution in [0.15, 0.2) is 75.4 Å². The standard InChI is InChI=1S/C23H25N3O3S2/c1-18-7-9-19(10-8-18)17-25-13-3-2-5-21(25)24-23(27)20-11-14-26(15-12-20)31(28,29)22-6-4-16-30-22/h2-10,13,16,20H,11-12,14-15,17H2,1H3. The molecule has 1 fully saturated rings. The Bertz CT molecular complexity index is 1210. The van der Waals surface area contributed by atoms with E-state index in [1.807, 2.05) is 29.0 Å². The van der Waals surface area contributed by atoms with Crippen molar-refractivity contribution in [2.45, 2.75) is 30.5 Å². The van der Waals surface area contributed by atoms with Crippen molar-refractivity contribution >= 4 is 27.3 Å². The molecule has 1 aliphatic rings. The normalized spacial score (nSPS) is 16.5. The van der Waals surface area contributed by atoms with Crippen molar-refractivity contribution in [3.8, 4) is 0 Å². The Labute approximate surface area is 186 Å². The molecule has 3 heterocycles. The van der Waals surface area contributed by atoms with Crippen molar-refractivity contribution in [2.24, 2.45) is 10.9 Å².